The number of benzene rings is 1. The number of nitrogens with two attached hydrogens (primary N) is 1. The predicted octanol–water partition coefficient (Wildman–Crippen LogP) is 2.22. The zero-order valence-corrected chi connectivity index (χ0v) is 13.0. The van der Waals surface area contributed by atoms with Crippen molar-refractivity contribution in [2.24, 2.45) is 11.7 Å². The van der Waals surface area contributed by atoms with Crippen molar-refractivity contribution in [3.05, 3.63) is 35.4 Å². The second kappa shape index (κ2) is 6.51. The van der Waals surface area contributed by atoms with Crippen LogP contribution < -0.4 is 5.73 Å². The van der Waals surface area contributed by atoms with Crippen molar-refractivity contribution in [2.45, 2.75) is 44.4 Å². The van der Waals surface area contributed by atoms with E-state index in [1.54, 1.807) is 0 Å². The number of hydrogen-bond acceptors (Lipinski definition) is 2. The molecule has 0 saturated carbocycles. The van der Waals surface area contributed by atoms with Gasteiger partial charge in [-0.15, -0.1) is 0 Å². The van der Waals surface area contributed by atoms with Gasteiger partial charge in [-0.2, -0.15) is 0 Å². The van der Waals surface area contributed by atoms with Crippen molar-refractivity contribution in [3.8, 4) is 0 Å². The summed E-state index contributed by atoms with van der Waals surface area (Å²) in [5.41, 5.74) is 7.82. The number of primary amides is 1. The first-order chi connectivity index (χ1) is 10.6. The van der Waals surface area contributed by atoms with Gasteiger partial charge in [-0.25, -0.2) is 0 Å². The van der Waals surface area contributed by atoms with Crippen molar-refractivity contribution in [2.75, 3.05) is 13.1 Å². The molecule has 2 N–H and O–H groups in total. The third kappa shape index (κ3) is 3.16. The third-order valence-electron chi connectivity index (χ3n) is 5.08. The minimum absolute atomic E-state index is 0.0256. The predicted molar refractivity (Wildman–Crippen MR) is 85.2 cm³/mol. The Kier molecular flexibility index (Phi) is 4.46. The molecule has 1 aromatic rings. The van der Waals surface area contributed by atoms with E-state index in [0.717, 1.165) is 45.2 Å². The minimum atomic E-state index is -0.231. The number of nitrogens with zero attached hydrogens (tertiary/aromatic N) is 1. The summed E-state index contributed by atoms with van der Waals surface area (Å²) in [7, 11) is 0. The summed E-state index contributed by atoms with van der Waals surface area (Å²) in [4.78, 5) is 25.9. The van der Waals surface area contributed by atoms with Crippen LogP contribution in [0.5, 0.6) is 0 Å². The van der Waals surface area contributed by atoms with Gasteiger partial charge in [0.05, 0.1) is 5.92 Å². The minimum Gasteiger partial charge on any atom is -0.370 e. The van der Waals surface area contributed by atoms with Gasteiger partial charge in [0.25, 0.3) is 0 Å². The van der Waals surface area contributed by atoms with Crippen molar-refractivity contribution in [3.63, 3.8) is 0 Å². The first-order valence-corrected chi connectivity index (χ1v) is 8.30. The Labute approximate surface area is 131 Å². The topological polar surface area (TPSA) is 63.4 Å². The highest BCUT2D eigenvalue weighted by Crippen LogP contribution is 2.34. The van der Waals surface area contributed by atoms with E-state index in [1.807, 2.05) is 11.0 Å². The lowest BCUT2D eigenvalue weighted by Gasteiger charge is -2.35. The molecule has 1 fully saturated rings. The number of piperidine rings is 1. The van der Waals surface area contributed by atoms with E-state index in [1.165, 1.54) is 11.1 Å². The summed E-state index contributed by atoms with van der Waals surface area (Å²) in [5, 5.41) is 0. The second-order valence-corrected chi connectivity index (χ2v) is 6.58. The smallest absolute Gasteiger partial charge is 0.230 e. The zero-order valence-electron chi connectivity index (χ0n) is 13.0. The van der Waals surface area contributed by atoms with Crippen LogP contribution in [0, 0.1) is 5.92 Å². The summed E-state index contributed by atoms with van der Waals surface area (Å²) in [6, 6.07) is 8.34. The highest BCUT2D eigenvalue weighted by molar-refractivity contribution is 5.84. The van der Waals surface area contributed by atoms with Gasteiger partial charge in [-0.05, 0) is 49.1 Å². The fourth-order valence-corrected chi connectivity index (χ4v) is 3.87. The lowest BCUT2D eigenvalue weighted by Crippen LogP contribution is -2.42. The number of amides is 2. The van der Waals surface area contributed by atoms with Crippen LogP contribution in [0.4, 0.5) is 0 Å². The molecule has 1 aliphatic heterocycles. The Hall–Kier alpha value is -1.84. The largest absolute Gasteiger partial charge is 0.370 e. The van der Waals surface area contributed by atoms with Crippen molar-refractivity contribution >= 4 is 11.8 Å². The quantitative estimate of drug-likeness (QED) is 0.930. The molecule has 118 valence electrons. The molecule has 0 spiro atoms. The molecule has 0 aromatic heterocycles. The van der Waals surface area contributed by atoms with Crippen LogP contribution in [0.25, 0.3) is 0 Å². The number of carbonyl (C=O) groups excluding carboxylic acids is 2. The van der Waals surface area contributed by atoms with Gasteiger partial charge >= 0.3 is 0 Å². The van der Waals surface area contributed by atoms with Crippen LogP contribution >= 0.6 is 0 Å². The Morgan fingerprint density at radius 1 is 1.14 bits per heavy atom. The van der Waals surface area contributed by atoms with Gasteiger partial charge in [-0.1, -0.05) is 24.3 Å². The summed E-state index contributed by atoms with van der Waals surface area (Å²) >= 11 is 0. The molecule has 4 heteroatoms. The Morgan fingerprint density at radius 3 is 2.59 bits per heavy atom. The Morgan fingerprint density at radius 2 is 1.86 bits per heavy atom. The number of aryl methyl sites for hydroxylation is 1. The van der Waals surface area contributed by atoms with E-state index < -0.39 is 0 Å². The first kappa shape index (κ1) is 15.1. The normalized spacial score (nSPS) is 22.2. The summed E-state index contributed by atoms with van der Waals surface area (Å²) in [6.07, 6.45) is 5.36. The molecular weight excluding hydrogens is 276 g/mol. The SMILES string of the molecule is NC(=O)CC1CCN(C(=O)[C@@H]2CCCc3ccccc32)CC1. The average Bonchev–Trinajstić information content (AvgIpc) is 2.54. The summed E-state index contributed by atoms with van der Waals surface area (Å²) in [6.45, 7) is 1.52. The zero-order chi connectivity index (χ0) is 15.5. The Balaban J connectivity index is 1.65. The van der Waals surface area contributed by atoms with Crippen LogP contribution in [0.2, 0.25) is 0 Å². The first-order valence-electron chi connectivity index (χ1n) is 8.30. The Bertz CT molecular complexity index is 562. The maximum Gasteiger partial charge on any atom is 0.230 e. The van der Waals surface area contributed by atoms with Crippen LogP contribution in [-0.4, -0.2) is 29.8 Å². The lowest BCUT2D eigenvalue weighted by molar-refractivity contribution is -0.134. The molecular formula is C18H24N2O2. The van der Waals surface area contributed by atoms with Crippen molar-refractivity contribution in [1.82, 2.24) is 4.90 Å². The number of likely N-dealkylation sites (tertiary alicyclic amines) is 1. The van der Waals surface area contributed by atoms with Crippen LogP contribution in [0.1, 0.15) is 49.1 Å². The van der Waals surface area contributed by atoms with E-state index in [0.29, 0.717) is 12.3 Å². The van der Waals surface area contributed by atoms with E-state index >= 15 is 0 Å². The van der Waals surface area contributed by atoms with Crippen LogP contribution in [-0.2, 0) is 16.0 Å². The number of fused-ring (bicyclic) bond motifs is 1. The second-order valence-electron chi connectivity index (χ2n) is 6.58. The van der Waals surface area contributed by atoms with Gasteiger partial charge in [0, 0.05) is 19.5 Å². The molecule has 1 aromatic carbocycles. The van der Waals surface area contributed by atoms with Crippen molar-refractivity contribution in [1.29, 1.82) is 0 Å². The molecule has 22 heavy (non-hydrogen) atoms. The molecule has 3 rings (SSSR count). The van der Waals surface area contributed by atoms with E-state index in [9.17, 15) is 9.59 Å². The molecule has 0 radical (unpaired) electrons. The monoisotopic (exact) mass is 300 g/mol. The van der Waals surface area contributed by atoms with E-state index in [4.69, 9.17) is 5.73 Å². The van der Waals surface area contributed by atoms with Gasteiger partial charge in [0.2, 0.25) is 11.8 Å². The number of rotatable bonds is 3. The number of hydrogen-bond donors (Lipinski definition) is 1. The third-order valence-corrected chi connectivity index (χ3v) is 5.08. The van der Waals surface area contributed by atoms with Crippen LogP contribution in [0.3, 0.4) is 0 Å². The van der Waals surface area contributed by atoms with Gasteiger partial charge in [-0.3, -0.25) is 9.59 Å². The highest BCUT2D eigenvalue weighted by Gasteiger charge is 2.32. The maximum atomic E-state index is 12.9. The molecule has 0 unspecified atom stereocenters. The van der Waals surface area contributed by atoms with Gasteiger partial charge < -0.3 is 10.6 Å². The number of carbonyl (C=O) groups is 2. The molecule has 1 saturated heterocycles. The lowest BCUT2D eigenvalue weighted by atomic mass is 9.81. The van der Waals surface area contributed by atoms with E-state index in [2.05, 4.69) is 18.2 Å². The molecule has 0 bridgehead atoms. The highest BCUT2D eigenvalue weighted by atomic mass is 16.2. The average molecular weight is 300 g/mol. The molecule has 2 amide bonds. The standard InChI is InChI=1S/C18H24N2O2/c19-17(21)12-13-8-10-20(11-9-13)18(22)16-7-3-5-14-4-1-2-6-15(14)16/h1-2,4,6,13,16H,3,5,7-12H2,(H2,19,21)/t16-/m1/s1. The van der Waals surface area contributed by atoms with Gasteiger partial charge in [0.1, 0.15) is 0 Å². The molecule has 4 nitrogen and oxygen atoms in total. The summed E-state index contributed by atoms with van der Waals surface area (Å²) < 4.78 is 0. The molecule has 1 aliphatic carbocycles. The van der Waals surface area contributed by atoms with E-state index in [-0.39, 0.29) is 17.7 Å². The summed E-state index contributed by atoms with van der Waals surface area (Å²) in [5.74, 6) is 0.411. The van der Waals surface area contributed by atoms with Gasteiger partial charge in [0.15, 0.2) is 0 Å². The van der Waals surface area contributed by atoms with Crippen LogP contribution in [0.15, 0.2) is 24.3 Å². The maximum absolute atomic E-state index is 12.9. The fourth-order valence-electron chi connectivity index (χ4n) is 3.87. The molecule has 1 atom stereocenters. The molecule has 1 heterocycles. The van der Waals surface area contributed by atoms with Crippen molar-refractivity contribution < 1.29 is 9.59 Å². The molecule has 2 aliphatic rings. The fraction of sp³-hybridized carbons (Fsp3) is 0.556.